The molecule has 8 nitrogen and oxygen atoms in total. The van der Waals surface area contributed by atoms with Gasteiger partial charge in [-0.1, -0.05) is 6.07 Å². The molecule has 0 atom stereocenters. The zero-order valence-corrected chi connectivity index (χ0v) is 15.1. The Morgan fingerprint density at radius 1 is 1.35 bits per heavy atom. The monoisotopic (exact) mass is 392 g/mol. The summed E-state index contributed by atoms with van der Waals surface area (Å²) in [5.41, 5.74) is 1.20. The van der Waals surface area contributed by atoms with Crippen molar-refractivity contribution in [1.29, 1.82) is 0 Å². The Kier molecular flexibility index (Phi) is 4.27. The summed E-state index contributed by atoms with van der Waals surface area (Å²) in [5.74, 6) is 0.941. The Labute approximate surface area is 152 Å². The summed E-state index contributed by atoms with van der Waals surface area (Å²) >= 11 is 1.51. The first-order valence-corrected chi connectivity index (χ1v) is 10.1. The lowest BCUT2D eigenvalue weighted by molar-refractivity contribution is 0.215. The van der Waals surface area contributed by atoms with E-state index in [1.165, 1.54) is 17.4 Å². The van der Waals surface area contributed by atoms with Crippen LogP contribution in [0.25, 0.3) is 10.7 Å². The Morgan fingerprint density at radius 2 is 2.19 bits per heavy atom. The zero-order chi connectivity index (χ0) is 18.3. The fourth-order valence-corrected chi connectivity index (χ4v) is 4.06. The minimum atomic E-state index is -4.60. The summed E-state index contributed by atoms with van der Waals surface area (Å²) < 4.78 is 38.0. The number of nitrogens with one attached hydrogen (secondary N) is 1. The second-order valence-corrected chi connectivity index (χ2v) is 8.21. The standard InChI is InChI=1S/C16H15N3O5S2/c20-16-11-9-19(8-10-3-4-14(24-10)26(21,22)23)6-5-12(11)17-15(18-16)13-2-1-7-25-13/h1-4,7H,5-6,8-9H2,(H,17,18,20)(H,21,22,23)/p-1. The number of fused-ring (bicyclic) bond motifs is 1. The van der Waals surface area contributed by atoms with Crippen LogP contribution in [0.5, 0.6) is 0 Å². The number of aromatic amines is 1. The second kappa shape index (κ2) is 6.47. The van der Waals surface area contributed by atoms with Gasteiger partial charge in [0.1, 0.15) is 5.76 Å². The highest BCUT2D eigenvalue weighted by molar-refractivity contribution is 7.85. The molecule has 10 heteroatoms. The molecule has 1 N–H and O–H groups in total. The van der Waals surface area contributed by atoms with Crippen molar-refractivity contribution in [2.24, 2.45) is 0 Å². The Morgan fingerprint density at radius 3 is 2.88 bits per heavy atom. The maximum Gasteiger partial charge on any atom is 0.255 e. The maximum absolute atomic E-state index is 12.5. The quantitative estimate of drug-likeness (QED) is 0.669. The number of H-pyrrole nitrogens is 1. The molecule has 0 aliphatic carbocycles. The molecule has 136 valence electrons. The van der Waals surface area contributed by atoms with Crippen LogP contribution in [0.1, 0.15) is 17.0 Å². The van der Waals surface area contributed by atoms with Crippen molar-refractivity contribution < 1.29 is 17.4 Å². The summed E-state index contributed by atoms with van der Waals surface area (Å²) in [7, 11) is -4.60. The van der Waals surface area contributed by atoms with E-state index in [0.29, 0.717) is 43.2 Å². The number of furan rings is 1. The van der Waals surface area contributed by atoms with Crippen molar-refractivity contribution >= 4 is 21.5 Å². The van der Waals surface area contributed by atoms with Gasteiger partial charge in [0.05, 0.1) is 22.7 Å². The molecular formula is C16H14N3O5S2-. The first-order valence-electron chi connectivity index (χ1n) is 7.83. The predicted octanol–water partition coefficient (Wildman–Crippen LogP) is 1.55. The number of rotatable bonds is 4. The van der Waals surface area contributed by atoms with E-state index in [4.69, 9.17) is 4.42 Å². The lowest BCUT2D eigenvalue weighted by Gasteiger charge is -2.26. The normalized spacial score (nSPS) is 15.1. The summed E-state index contributed by atoms with van der Waals surface area (Å²) in [5, 5.41) is 1.33. The van der Waals surface area contributed by atoms with Crippen LogP contribution in [-0.2, 0) is 29.6 Å². The zero-order valence-electron chi connectivity index (χ0n) is 13.5. The van der Waals surface area contributed by atoms with Gasteiger partial charge in [-0.25, -0.2) is 13.4 Å². The Bertz CT molecular complexity index is 1100. The lowest BCUT2D eigenvalue weighted by Crippen LogP contribution is -2.35. The van der Waals surface area contributed by atoms with Gasteiger partial charge < -0.3 is 14.0 Å². The van der Waals surface area contributed by atoms with Crippen LogP contribution in [-0.4, -0.2) is 34.4 Å². The third-order valence-corrected chi connectivity index (χ3v) is 5.75. The molecular weight excluding hydrogens is 378 g/mol. The van der Waals surface area contributed by atoms with Crippen LogP contribution >= 0.6 is 11.3 Å². The fourth-order valence-electron chi connectivity index (χ4n) is 2.94. The minimum absolute atomic E-state index is 0.176. The van der Waals surface area contributed by atoms with E-state index in [1.807, 2.05) is 22.4 Å². The van der Waals surface area contributed by atoms with Gasteiger partial charge in [0.25, 0.3) is 5.56 Å². The number of hydrogen-bond acceptors (Lipinski definition) is 8. The SMILES string of the molecule is O=c1[nH]c(-c2cccs2)nc2c1CN(Cc1ccc(S(=O)(=O)[O-])o1)CC2. The molecule has 0 fully saturated rings. The number of hydrogen-bond donors (Lipinski definition) is 1. The van der Waals surface area contributed by atoms with E-state index >= 15 is 0 Å². The van der Waals surface area contributed by atoms with Crippen LogP contribution in [0.15, 0.2) is 43.9 Å². The van der Waals surface area contributed by atoms with E-state index in [2.05, 4.69) is 9.97 Å². The van der Waals surface area contributed by atoms with E-state index in [-0.39, 0.29) is 5.56 Å². The summed E-state index contributed by atoms with van der Waals surface area (Å²) in [6, 6.07) is 6.42. The van der Waals surface area contributed by atoms with Crippen LogP contribution in [0.4, 0.5) is 0 Å². The molecule has 26 heavy (non-hydrogen) atoms. The molecule has 1 aliphatic rings. The minimum Gasteiger partial charge on any atom is -0.742 e. The molecule has 4 heterocycles. The third-order valence-electron chi connectivity index (χ3n) is 4.17. The van der Waals surface area contributed by atoms with Crippen LogP contribution in [0.3, 0.4) is 0 Å². The predicted molar refractivity (Wildman–Crippen MR) is 92.7 cm³/mol. The molecule has 0 saturated heterocycles. The third kappa shape index (κ3) is 3.36. The smallest absolute Gasteiger partial charge is 0.255 e. The van der Waals surface area contributed by atoms with Crippen molar-refractivity contribution in [2.75, 3.05) is 6.54 Å². The molecule has 4 rings (SSSR count). The lowest BCUT2D eigenvalue weighted by atomic mass is 10.1. The summed E-state index contributed by atoms with van der Waals surface area (Å²) in [6.45, 7) is 1.33. The molecule has 0 spiro atoms. The van der Waals surface area contributed by atoms with E-state index in [0.717, 1.165) is 16.6 Å². The van der Waals surface area contributed by atoms with Gasteiger partial charge >= 0.3 is 0 Å². The number of aromatic nitrogens is 2. The van der Waals surface area contributed by atoms with Crippen molar-refractivity contribution in [1.82, 2.24) is 14.9 Å². The van der Waals surface area contributed by atoms with Gasteiger partial charge in [0.15, 0.2) is 15.9 Å². The maximum atomic E-state index is 12.5. The van der Waals surface area contributed by atoms with Crippen molar-refractivity contribution in [2.45, 2.75) is 24.6 Å². The molecule has 0 radical (unpaired) electrons. The van der Waals surface area contributed by atoms with Crippen molar-refractivity contribution in [3.8, 4) is 10.7 Å². The Balaban J connectivity index is 1.55. The average molecular weight is 392 g/mol. The molecule has 0 aromatic carbocycles. The molecule has 0 amide bonds. The molecule has 0 bridgehead atoms. The highest BCUT2D eigenvalue weighted by atomic mass is 32.2. The van der Waals surface area contributed by atoms with Crippen molar-refractivity contribution in [3.63, 3.8) is 0 Å². The first-order chi connectivity index (χ1) is 12.4. The van der Waals surface area contributed by atoms with E-state index in [1.54, 1.807) is 0 Å². The van der Waals surface area contributed by atoms with Gasteiger partial charge in [-0.15, -0.1) is 11.3 Å². The van der Waals surface area contributed by atoms with Crippen LogP contribution in [0.2, 0.25) is 0 Å². The van der Waals surface area contributed by atoms with Crippen LogP contribution in [0, 0.1) is 0 Å². The first kappa shape index (κ1) is 17.2. The van der Waals surface area contributed by atoms with Crippen LogP contribution < -0.4 is 5.56 Å². The Hall–Kier alpha value is -2.27. The van der Waals surface area contributed by atoms with E-state index in [9.17, 15) is 17.8 Å². The fraction of sp³-hybridized carbons (Fsp3) is 0.250. The highest BCUT2D eigenvalue weighted by Gasteiger charge is 2.22. The molecule has 3 aromatic rings. The molecule has 0 saturated carbocycles. The number of thiophene rings is 1. The molecule has 0 unspecified atom stereocenters. The average Bonchev–Trinajstić information content (AvgIpc) is 3.26. The van der Waals surface area contributed by atoms with Gasteiger partial charge in [-0.3, -0.25) is 9.69 Å². The van der Waals surface area contributed by atoms with Gasteiger partial charge in [0, 0.05) is 19.5 Å². The number of nitrogens with zero attached hydrogens (tertiary/aromatic N) is 2. The topological polar surface area (TPSA) is 119 Å². The molecule has 3 aromatic heterocycles. The van der Waals surface area contributed by atoms with Crippen molar-refractivity contribution in [3.05, 3.63) is 57.0 Å². The highest BCUT2D eigenvalue weighted by Crippen LogP contribution is 2.23. The summed E-state index contributed by atoms with van der Waals surface area (Å²) in [6.07, 6.45) is 0.602. The van der Waals surface area contributed by atoms with Gasteiger partial charge in [0.2, 0.25) is 5.09 Å². The summed E-state index contributed by atoms with van der Waals surface area (Å²) in [4.78, 5) is 22.7. The molecule has 1 aliphatic heterocycles. The van der Waals surface area contributed by atoms with Gasteiger partial charge in [-0.05, 0) is 23.6 Å². The second-order valence-electron chi connectivity index (χ2n) is 5.95. The largest absolute Gasteiger partial charge is 0.742 e. The van der Waals surface area contributed by atoms with Gasteiger partial charge in [-0.2, -0.15) is 0 Å². The van der Waals surface area contributed by atoms with E-state index < -0.39 is 15.2 Å².